The summed E-state index contributed by atoms with van der Waals surface area (Å²) in [5, 5.41) is 7.42. The molecule has 0 unspecified atom stereocenters. The molecule has 0 amide bonds. The number of rotatable bonds is 4. The largest absolute Gasteiger partial charge is 0.516 e. The van der Waals surface area contributed by atoms with Crippen molar-refractivity contribution in [1.29, 1.82) is 0 Å². The second kappa shape index (κ2) is 19.2. The number of hydrogen-bond acceptors (Lipinski definition) is 7. The van der Waals surface area contributed by atoms with Crippen LogP contribution in [0, 0.1) is 11.8 Å². The summed E-state index contributed by atoms with van der Waals surface area (Å²) < 4.78 is 13.1. The Morgan fingerprint density at radius 2 is 1.25 bits per heavy atom. The molecule has 0 heterocycles. The molecule has 8 nitrogen and oxygen atoms in total. The van der Waals surface area contributed by atoms with Gasteiger partial charge in [-0.05, 0) is 11.8 Å². The Kier molecular flexibility index (Phi) is 24.1. The third-order valence-corrected chi connectivity index (χ3v) is 1.40. The molecular weight excluding hydrogens is 344 g/mol. The highest BCUT2D eigenvalue weighted by Gasteiger charge is 2.07. The smallest absolute Gasteiger partial charge is 0.481 e. The highest BCUT2D eigenvalue weighted by molar-refractivity contribution is 6.61. The average Bonchev–Trinajstić information content (AvgIpc) is 2.33. The first-order valence-electron chi connectivity index (χ1n) is 6.75. The lowest BCUT2D eigenvalue weighted by atomic mass is 10.2. The van der Waals surface area contributed by atoms with Crippen molar-refractivity contribution in [3.63, 3.8) is 0 Å². The van der Waals surface area contributed by atoms with E-state index in [4.69, 9.17) is 21.5 Å². The fraction of sp³-hybridized carbons (Fsp3) is 0.733. The molecule has 1 N–H and O–H groups in total. The number of esters is 1. The summed E-state index contributed by atoms with van der Waals surface area (Å²) in [5.41, 5.74) is -0.723. The Morgan fingerprint density at radius 1 is 0.917 bits per heavy atom. The lowest BCUT2D eigenvalue weighted by Gasteiger charge is -2.04. The van der Waals surface area contributed by atoms with Crippen LogP contribution in [0.25, 0.3) is 0 Å². The second-order valence-electron chi connectivity index (χ2n) is 5.01. The molecule has 24 heavy (non-hydrogen) atoms. The van der Waals surface area contributed by atoms with Gasteiger partial charge in [-0.3, -0.25) is 9.59 Å². The van der Waals surface area contributed by atoms with Gasteiger partial charge in [-0.15, -0.1) is 0 Å². The highest BCUT2D eigenvalue weighted by Crippen LogP contribution is 1.95. The van der Waals surface area contributed by atoms with Gasteiger partial charge in [-0.2, -0.15) is 0 Å². The third-order valence-electron chi connectivity index (χ3n) is 1.29. The van der Waals surface area contributed by atoms with Crippen LogP contribution in [0.4, 0.5) is 9.59 Å². The van der Waals surface area contributed by atoms with E-state index in [1.807, 2.05) is 27.7 Å². The van der Waals surface area contributed by atoms with Crippen LogP contribution < -0.4 is 0 Å². The van der Waals surface area contributed by atoms with Crippen LogP contribution in [0.15, 0.2) is 0 Å². The summed E-state index contributed by atoms with van der Waals surface area (Å²) in [5.74, 6) is -0.883. The fourth-order valence-electron chi connectivity index (χ4n) is 0.614. The summed E-state index contributed by atoms with van der Waals surface area (Å²) in [6, 6.07) is 0. The second-order valence-corrected chi connectivity index (χ2v) is 5.32. The number of aliphatic carboxylic acids is 1. The number of carbonyl (C=O) groups excluding carboxylic acids is 3. The molecule has 9 heteroatoms. The summed E-state index contributed by atoms with van der Waals surface area (Å²) >= 11 is 4.86. The van der Waals surface area contributed by atoms with Gasteiger partial charge in [0.25, 0.3) is 5.97 Å². The van der Waals surface area contributed by atoms with Crippen molar-refractivity contribution in [2.75, 3.05) is 13.2 Å². The quantitative estimate of drug-likeness (QED) is 0.445. The van der Waals surface area contributed by atoms with Crippen LogP contribution in [0.2, 0.25) is 0 Å². The van der Waals surface area contributed by atoms with Crippen molar-refractivity contribution < 1.29 is 38.5 Å². The van der Waals surface area contributed by atoms with E-state index in [2.05, 4.69) is 14.2 Å². The predicted octanol–water partition coefficient (Wildman–Crippen LogP) is 4.09. The highest BCUT2D eigenvalue weighted by atomic mass is 35.5. The zero-order chi connectivity index (χ0) is 19.0. The van der Waals surface area contributed by atoms with Gasteiger partial charge in [0, 0.05) is 25.4 Å². The maximum atomic E-state index is 10.5. The number of ether oxygens (including phenoxy) is 3. The maximum Gasteiger partial charge on any atom is 0.516 e. The van der Waals surface area contributed by atoms with Gasteiger partial charge in [-0.1, -0.05) is 35.1 Å². The van der Waals surface area contributed by atoms with Crippen molar-refractivity contribution in [3.8, 4) is 0 Å². The standard InChI is InChI=1S/C7H12O4.C5H9ClO2.C2H4O2.CH4/c1-5(2)4-10-7(9)11-6(3)8;1-4(2)3-8-5(6)7;1-2(3)4;/h5H,4H2,1-3H3;4H,3H2,1-2H3;1H3,(H,3,4);1H4. The summed E-state index contributed by atoms with van der Waals surface area (Å²) in [4.78, 5) is 39.6. The van der Waals surface area contributed by atoms with Crippen LogP contribution in [0.1, 0.15) is 49.0 Å². The summed E-state index contributed by atoms with van der Waals surface area (Å²) in [6.45, 7) is 10.6. The first-order chi connectivity index (χ1) is 10.4. The van der Waals surface area contributed by atoms with Crippen LogP contribution >= 0.6 is 11.6 Å². The Labute approximate surface area is 148 Å². The molecule has 0 bridgehead atoms. The Bertz CT molecular complexity index is 362. The van der Waals surface area contributed by atoms with E-state index >= 15 is 0 Å². The molecule has 144 valence electrons. The van der Waals surface area contributed by atoms with Gasteiger partial charge in [0.05, 0.1) is 13.2 Å². The normalized spacial score (nSPS) is 8.54. The van der Waals surface area contributed by atoms with Gasteiger partial charge in [0.1, 0.15) is 0 Å². The molecule has 0 aliphatic heterocycles. The Morgan fingerprint density at radius 3 is 1.46 bits per heavy atom. The molecule has 0 fully saturated rings. The molecule has 0 aromatic rings. The van der Waals surface area contributed by atoms with Crippen LogP contribution in [0.3, 0.4) is 0 Å². The topological polar surface area (TPSA) is 116 Å². The zero-order valence-electron chi connectivity index (χ0n) is 14.3. The average molecular weight is 373 g/mol. The fourth-order valence-corrected chi connectivity index (χ4v) is 0.677. The molecule has 0 atom stereocenters. The molecule has 0 aliphatic carbocycles. The molecule has 0 aromatic heterocycles. The van der Waals surface area contributed by atoms with E-state index in [1.54, 1.807) is 0 Å². The van der Waals surface area contributed by atoms with E-state index < -0.39 is 23.5 Å². The van der Waals surface area contributed by atoms with Crippen LogP contribution in [-0.2, 0) is 23.8 Å². The van der Waals surface area contributed by atoms with Gasteiger partial charge >= 0.3 is 17.6 Å². The first kappa shape index (κ1) is 30.1. The van der Waals surface area contributed by atoms with E-state index in [0.717, 1.165) is 13.8 Å². The van der Waals surface area contributed by atoms with Gasteiger partial charge in [0.15, 0.2) is 0 Å². The van der Waals surface area contributed by atoms with Crippen molar-refractivity contribution in [2.24, 2.45) is 11.8 Å². The van der Waals surface area contributed by atoms with E-state index in [0.29, 0.717) is 12.5 Å². The third kappa shape index (κ3) is 50.0. The number of halogens is 1. The molecule has 0 rings (SSSR count). The Balaban J connectivity index is -0.000000136. The molecule has 0 radical (unpaired) electrons. The molecule has 0 saturated heterocycles. The molecule has 0 aromatic carbocycles. The van der Waals surface area contributed by atoms with Crippen LogP contribution in [0.5, 0.6) is 0 Å². The summed E-state index contributed by atoms with van der Waals surface area (Å²) in [6.07, 6.45) is -0.925. The lowest BCUT2D eigenvalue weighted by molar-refractivity contribution is -0.137. The summed E-state index contributed by atoms with van der Waals surface area (Å²) in [7, 11) is 0. The first-order valence-corrected chi connectivity index (χ1v) is 7.13. The minimum absolute atomic E-state index is 0. The van der Waals surface area contributed by atoms with E-state index in [-0.39, 0.29) is 20.0 Å². The number of hydrogen-bond donors (Lipinski definition) is 1. The Hall–Kier alpha value is -1.83. The number of carboxylic acid groups (broad SMARTS) is 1. The SMILES string of the molecule is C.CC(=O)O.CC(=O)OC(=O)OCC(C)C.CC(C)COC(=O)Cl. The van der Waals surface area contributed by atoms with Crippen molar-refractivity contribution >= 4 is 35.1 Å². The van der Waals surface area contributed by atoms with Crippen molar-refractivity contribution in [1.82, 2.24) is 0 Å². The lowest BCUT2D eigenvalue weighted by Crippen LogP contribution is -2.13. The molecular formula is C15H29ClO8. The van der Waals surface area contributed by atoms with E-state index in [1.165, 1.54) is 0 Å². The van der Waals surface area contributed by atoms with Crippen molar-refractivity contribution in [3.05, 3.63) is 0 Å². The minimum Gasteiger partial charge on any atom is -0.481 e. The predicted molar refractivity (Wildman–Crippen MR) is 90.0 cm³/mol. The molecule has 0 aliphatic rings. The number of carbonyl (C=O) groups is 4. The van der Waals surface area contributed by atoms with Crippen molar-refractivity contribution in [2.45, 2.75) is 49.0 Å². The van der Waals surface area contributed by atoms with E-state index in [9.17, 15) is 14.4 Å². The maximum absolute atomic E-state index is 10.5. The van der Waals surface area contributed by atoms with Gasteiger partial charge in [-0.25, -0.2) is 9.59 Å². The monoisotopic (exact) mass is 372 g/mol. The zero-order valence-corrected chi connectivity index (χ0v) is 15.0. The number of carboxylic acids is 1. The molecule has 0 spiro atoms. The molecule has 0 saturated carbocycles. The minimum atomic E-state index is -0.925. The van der Waals surface area contributed by atoms with Crippen LogP contribution in [-0.4, -0.2) is 41.8 Å². The van der Waals surface area contributed by atoms with Gasteiger partial charge < -0.3 is 19.3 Å². The van der Waals surface area contributed by atoms with Gasteiger partial charge in [0.2, 0.25) is 0 Å².